The summed E-state index contributed by atoms with van der Waals surface area (Å²) in [7, 11) is 0. The Labute approximate surface area is 102 Å². The van der Waals surface area contributed by atoms with Crippen molar-refractivity contribution in [3.8, 4) is 0 Å². The molecule has 2 heterocycles. The summed E-state index contributed by atoms with van der Waals surface area (Å²) in [5.74, 6) is 0.107. The summed E-state index contributed by atoms with van der Waals surface area (Å²) in [5.41, 5.74) is 1.42. The van der Waals surface area contributed by atoms with Gasteiger partial charge in [-0.05, 0) is 45.0 Å². The fourth-order valence-electron chi connectivity index (χ4n) is 2.10. The minimum atomic E-state index is -0.256. The van der Waals surface area contributed by atoms with E-state index >= 15 is 0 Å². The first-order valence-corrected chi connectivity index (χ1v) is 6.06. The maximum absolute atomic E-state index is 12.3. The van der Waals surface area contributed by atoms with Crippen molar-refractivity contribution in [3.63, 3.8) is 0 Å². The Balaban J connectivity index is 2.08. The van der Waals surface area contributed by atoms with Gasteiger partial charge < -0.3 is 10.6 Å². The molecule has 0 aliphatic carbocycles. The number of nitrogens with zero attached hydrogens (tertiary/aromatic N) is 1. The first kappa shape index (κ1) is 12.0. The molecule has 1 aliphatic rings. The molecule has 1 aromatic rings. The zero-order valence-electron chi connectivity index (χ0n) is 10.4. The number of rotatable bonds is 2. The van der Waals surface area contributed by atoms with E-state index in [-0.39, 0.29) is 11.3 Å². The number of hydrogen-bond donors (Lipinski definition) is 2. The molecule has 1 saturated heterocycles. The van der Waals surface area contributed by atoms with E-state index in [4.69, 9.17) is 0 Å². The molecule has 0 atom stereocenters. The number of anilines is 1. The first-order valence-electron chi connectivity index (χ1n) is 6.06. The second-order valence-electron chi connectivity index (χ2n) is 4.90. The molecule has 2 N–H and O–H groups in total. The second kappa shape index (κ2) is 4.84. The van der Waals surface area contributed by atoms with E-state index in [1.807, 2.05) is 26.0 Å². The van der Waals surface area contributed by atoms with E-state index in [2.05, 4.69) is 15.6 Å². The molecule has 1 amide bonds. The van der Waals surface area contributed by atoms with Crippen LogP contribution >= 0.6 is 0 Å². The van der Waals surface area contributed by atoms with Gasteiger partial charge in [0, 0.05) is 11.6 Å². The monoisotopic (exact) mass is 233 g/mol. The van der Waals surface area contributed by atoms with Crippen LogP contribution in [0.25, 0.3) is 0 Å². The number of pyridine rings is 1. The van der Waals surface area contributed by atoms with Gasteiger partial charge >= 0.3 is 0 Å². The standard InChI is InChI=1S/C13H19N3O/c1-10-11(4-3-7-15-10)16-12(17)13(2)5-8-14-9-6-13/h3-4,7,14H,5-6,8-9H2,1-2H3,(H,16,17). The number of carbonyl (C=O) groups is 1. The van der Waals surface area contributed by atoms with E-state index in [1.54, 1.807) is 6.20 Å². The molecule has 2 rings (SSSR count). The molecule has 0 radical (unpaired) electrons. The van der Waals surface area contributed by atoms with Gasteiger partial charge in [0.25, 0.3) is 0 Å². The molecule has 0 aromatic carbocycles. The van der Waals surface area contributed by atoms with Crippen molar-refractivity contribution in [1.29, 1.82) is 0 Å². The Bertz CT molecular complexity index is 411. The number of aryl methyl sites for hydroxylation is 1. The zero-order valence-corrected chi connectivity index (χ0v) is 10.4. The minimum absolute atomic E-state index is 0.107. The number of carbonyl (C=O) groups excluding carboxylic acids is 1. The van der Waals surface area contributed by atoms with Crippen LogP contribution in [0.5, 0.6) is 0 Å². The highest BCUT2D eigenvalue weighted by molar-refractivity contribution is 5.95. The summed E-state index contributed by atoms with van der Waals surface area (Å²) in [6.07, 6.45) is 3.51. The summed E-state index contributed by atoms with van der Waals surface area (Å²) >= 11 is 0. The molecule has 0 bridgehead atoms. The molecular weight excluding hydrogens is 214 g/mol. The Morgan fingerprint density at radius 2 is 2.18 bits per heavy atom. The van der Waals surface area contributed by atoms with Crippen molar-refractivity contribution in [2.75, 3.05) is 18.4 Å². The van der Waals surface area contributed by atoms with Crippen LogP contribution in [0.3, 0.4) is 0 Å². The Hall–Kier alpha value is -1.42. The summed E-state index contributed by atoms with van der Waals surface area (Å²) in [6.45, 7) is 5.77. The van der Waals surface area contributed by atoms with E-state index < -0.39 is 0 Å². The van der Waals surface area contributed by atoms with Gasteiger partial charge in [0.1, 0.15) is 0 Å². The second-order valence-corrected chi connectivity index (χ2v) is 4.90. The van der Waals surface area contributed by atoms with Crippen LogP contribution in [0.4, 0.5) is 5.69 Å². The first-order chi connectivity index (χ1) is 8.12. The maximum Gasteiger partial charge on any atom is 0.230 e. The average Bonchev–Trinajstić information content (AvgIpc) is 2.33. The van der Waals surface area contributed by atoms with Crippen molar-refractivity contribution in [2.45, 2.75) is 26.7 Å². The number of piperidine rings is 1. The van der Waals surface area contributed by atoms with Crippen molar-refractivity contribution in [2.24, 2.45) is 5.41 Å². The molecule has 4 nitrogen and oxygen atoms in total. The van der Waals surface area contributed by atoms with Crippen LogP contribution in [-0.4, -0.2) is 24.0 Å². The highest BCUT2D eigenvalue weighted by Crippen LogP contribution is 2.29. The fraction of sp³-hybridized carbons (Fsp3) is 0.538. The largest absolute Gasteiger partial charge is 0.324 e. The van der Waals surface area contributed by atoms with Gasteiger partial charge in [-0.2, -0.15) is 0 Å². The molecule has 1 fully saturated rings. The fourth-order valence-corrected chi connectivity index (χ4v) is 2.10. The number of nitrogens with one attached hydrogen (secondary N) is 2. The topological polar surface area (TPSA) is 54.0 Å². The average molecular weight is 233 g/mol. The number of amides is 1. The van der Waals surface area contributed by atoms with Gasteiger partial charge in [0.2, 0.25) is 5.91 Å². The quantitative estimate of drug-likeness (QED) is 0.817. The lowest BCUT2D eigenvalue weighted by Crippen LogP contribution is -2.42. The third-order valence-electron chi connectivity index (χ3n) is 3.51. The molecule has 0 unspecified atom stereocenters. The van der Waals surface area contributed by atoms with Crippen LogP contribution in [-0.2, 0) is 4.79 Å². The third kappa shape index (κ3) is 2.64. The van der Waals surface area contributed by atoms with Gasteiger partial charge in [0.15, 0.2) is 0 Å². The Morgan fingerprint density at radius 1 is 1.47 bits per heavy atom. The number of hydrogen-bond acceptors (Lipinski definition) is 3. The van der Waals surface area contributed by atoms with E-state index in [9.17, 15) is 4.79 Å². The number of aromatic nitrogens is 1. The van der Waals surface area contributed by atoms with Gasteiger partial charge in [-0.1, -0.05) is 6.92 Å². The Kier molecular flexibility index (Phi) is 3.43. The van der Waals surface area contributed by atoms with Gasteiger partial charge in [0.05, 0.1) is 11.4 Å². The molecule has 0 saturated carbocycles. The molecule has 17 heavy (non-hydrogen) atoms. The van der Waals surface area contributed by atoms with Gasteiger partial charge in [-0.3, -0.25) is 9.78 Å². The van der Waals surface area contributed by atoms with Crippen LogP contribution in [0.2, 0.25) is 0 Å². The van der Waals surface area contributed by atoms with Crippen molar-refractivity contribution in [3.05, 3.63) is 24.0 Å². The SMILES string of the molecule is Cc1ncccc1NC(=O)C1(C)CCNCC1. The van der Waals surface area contributed by atoms with Crippen molar-refractivity contribution < 1.29 is 4.79 Å². The summed E-state index contributed by atoms with van der Waals surface area (Å²) < 4.78 is 0. The molecule has 92 valence electrons. The van der Waals surface area contributed by atoms with Crippen LogP contribution < -0.4 is 10.6 Å². The van der Waals surface area contributed by atoms with Gasteiger partial charge in [-0.25, -0.2) is 0 Å². The molecule has 1 aliphatic heterocycles. The smallest absolute Gasteiger partial charge is 0.230 e. The Morgan fingerprint density at radius 3 is 2.82 bits per heavy atom. The maximum atomic E-state index is 12.3. The van der Waals surface area contributed by atoms with Crippen molar-refractivity contribution >= 4 is 11.6 Å². The van der Waals surface area contributed by atoms with Gasteiger partial charge in [-0.15, -0.1) is 0 Å². The predicted molar refractivity (Wildman–Crippen MR) is 67.8 cm³/mol. The lowest BCUT2D eigenvalue weighted by atomic mass is 9.80. The third-order valence-corrected chi connectivity index (χ3v) is 3.51. The van der Waals surface area contributed by atoms with E-state index in [0.717, 1.165) is 37.3 Å². The van der Waals surface area contributed by atoms with E-state index in [1.165, 1.54) is 0 Å². The molecule has 4 heteroatoms. The summed E-state index contributed by atoms with van der Waals surface area (Å²) in [6, 6.07) is 3.73. The summed E-state index contributed by atoms with van der Waals surface area (Å²) in [4.78, 5) is 16.4. The summed E-state index contributed by atoms with van der Waals surface area (Å²) in [5, 5.41) is 6.27. The normalized spacial score (nSPS) is 18.7. The van der Waals surface area contributed by atoms with Crippen LogP contribution in [0.1, 0.15) is 25.5 Å². The van der Waals surface area contributed by atoms with E-state index in [0.29, 0.717) is 0 Å². The molecular formula is C13H19N3O. The lowest BCUT2D eigenvalue weighted by Gasteiger charge is -2.32. The minimum Gasteiger partial charge on any atom is -0.324 e. The van der Waals surface area contributed by atoms with Crippen LogP contribution in [0.15, 0.2) is 18.3 Å². The lowest BCUT2D eigenvalue weighted by molar-refractivity contribution is -0.126. The predicted octanol–water partition coefficient (Wildman–Crippen LogP) is 1.72. The highest BCUT2D eigenvalue weighted by Gasteiger charge is 2.34. The van der Waals surface area contributed by atoms with Crippen LogP contribution in [0, 0.1) is 12.3 Å². The molecule has 1 aromatic heterocycles. The zero-order chi connectivity index (χ0) is 12.3. The van der Waals surface area contributed by atoms with Crippen molar-refractivity contribution in [1.82, 2.24) is 10.3 Å². The highest BCUT2D eigenvalue weighted by atomic mass is 16.2. The molecule has 0 spiro atoms.